The Bertz CT molecular complexity index is 279. The van der Waals surface area contributed by atoms with E-state index in [0.29, 0.717) is 11.3 Å². The molecule has 0 saturated heterocycles. The SMILES string of the molecule is C/C=C(/F)c1cccc(N)c1. The van der Waals surface area contributed by atoms with Crippen molar-refractivity contribution < 1.29 is 4.39 Å². The summed E-state index contributed by atoms with van der Waals surface area (Å²) in [6.07, 6.45) is 1.41. The number of anilines is 1. The Balaban J connectivity index is 3.06. The standard InChI is InChI=1S/C9H10FN/c1-2-9(10)7-4-3-5-8(11)6-7/h2-6H,11H2,1H3/b9-2+. The minimum atomic E-state index is -0.239. The van der Waals surface area contributed by atoms with Crippen molar-refractivity contribution in [2.75, 3.05) is 5.73 Å². The molecule has 1 aromatic carbocycles. The first kappa shape index (κ1) is 7.79. The predicted molar refractivity (Wildman–Crippen MR) is 45.6 cm³/mol. The average Bonchev–Trinajstić information content (AvgIpc) is 2.03. The van der Waals surface area contributed by atoms with E-state index in [4.69, 9.17) is 5.73 Å². The van der Waals surface area contributed by atoms with Crippen LogP contribution in [-0.4, -0.2) is 0 Å². The van der Waals surface area contributed by atoms with Crippen molar-refractivity contribution >= 4 is 11.5 Å². The van der Waals surface area contributed by atoms with Crippen molar-refractivity contribution in [3.05, 3.63) is 35.9 Å². The molecule has 0 spiro atoms. The van der Waals surface area contributed by atoms with Crippen LogP contribution in [0.2, 0.25) is 0 Å². The third-order valence-corrected chi connectivity index (χ3v) is 1.42. The van der Waals surface area contributed by atoms with Crippen LogP contribution in [0.15, 0.2) is 30.3 Å². The van der Waals surface area contributed by atoms with Gasteiger partial charge < -0.3 is 5.73 Å². The molecule has 0 atom stereocenters. The fraction of sp³-hybridized carbons (Fsp3) is 0.111. The zero-order chi connectivity index (χ0) is 8.27. The summed E-state index contributed by atoms with van der Waals surface area (Å²) >= 11 is 0. The van der Waals surface area contributed by atoms with Gasteiger partial charge in [-0.1, -0.05) is 18.2 Å². The average molecular weight is 151 g/mol. The zero-order valence-electron chi connectivity index (χ0n) is 6.34. The van der Waals surface area contributed by atoms with Crippen LogP contribution in [0.3, 0.4) is 0 Å². The Kier molecular flexibility index (Phi) is 2.26. The first-order valence-electron chi connectivity index (χ1n) is 3.42. The molecule has 0 unspecified atom stereocenters. The summed E-state index contributed by atoms with van der Waals surface area (Å²) < 4.78 is 12.8. The van der Waals surface area contributed by atoms with E-state index in [1.165, 1.54) is 6.08 Å². The van der Waals surface area contributed by atoms with Crippen LogP contribution in [0.5, 0.6) is 0 Å². The Morgan fingerprint density at radius 3 is 2.82 bits per heavy atom. The van der Waals surface area contributed by atoms with Crippen molar-refractivity contribution in [3.8, 4) is 0 Å². The monoisotopic (exact) mass is 151 g/mol. The van der Waals surface area contributed by atoms with E-state index in [1.54, 1.807) is 31.2 Å². The molecular weight excluding hydrogens is 141 g/mol. The number of halogens is 1. The molecule has 1 nitrogen and oxygen atoms in total. The van der Waals surface area contributed by atoms with Crippen molar-refractivity contribution in [1.82, 2.24) is 0 Å². The maximum atomic E-state index is 12.8. The summed E-state index contributed by atoms with van der Waals surface area (Å²) in [4.78, 5) is 0. The molecule has 0 saturated carbocycles. The van der Waals surface area contributed by atoms with E-state index >= 15 is 0 Å². The molecule has 0 radical (unpaired) electrons. The van der Waals surface area contributed by atoms with Gasteiger partial charge in [0.1, 0.15) is 5.83 Å². The number of allylic oxidation sites excluding steroid dienone is 1. The first-order chi connectivity index (χ1) is 5.24. The highest BCUT2D eigenvalue weighted by molar-refractivity contribution is 5.62. The van der Waals surface area contributed by atoms with Gasteiger partial charge in [0.05, 0.1) is 0 Å². The third kappa shape index (κ3) is 1.80. The Morgan fingerprint density at radius 2 is 2.27 bits per heavy atom. The molecule has 11 heavy (non-hydrogen) atoms. The van der Waals surface area contributed by atoms with Gasteiger partial charge in [0.25, 0.3) is 0 Å². The number of benzene rings is 1. The molecule has 0 amide bonds. The fourth-order valence-corrected chi connectivity index (χ4v) is 0.854. The number of rotatable bonds is 1. The lowest BCUT2D eigenvalue weighted by Crippen LogP contribution is -1.85. The summed E-state index contributed by atoms with van der Waals surface area (Å²) in [7, 11) is 0. The smallest absolute Gasteiger partial charge is 0.126 e. The van der Waals surface area contributed by atoms with Gasteiger partial charge in [-0.05, 0) is 19.1 Å². The largest absolute Gasteiger partial charge is 0.399 e. The molecule has 2 N–H and O–H groups in total. The van der Waals surface area contributed by atoms with Gasteiger partial charge in [0.2, 0.25) is 0 Å². The summed E-state index contributed by atoms with van der Waals surface area (Å²) in [6, 6.07) is 6.75. The van der Waals surface area contributed by atoms with E-state index in [9.17, 15) is 4.39 Å². The van der Waals surface area contributed by atoms with E-state index < -0.39 is 0 Å². The second-order valence-corrected chi connectivity index (χ2v) is 2.26. The Labute approximate surface area is 65.3 Å². The van der Waals surface area contributed by atoms with Gasteiger partial charge in [0, 0.05) is 11.3 Å². The van der Waals surface area contributed by atoms with Crippen molar-refractivity contribution in [2.45, 2.75) is 6.92 Å². The van der Waals surface area contributed by atoms with Crippen molar-refractivity contribution in [3.63, 3.8) is 0 Å². The highest BCUT2D eigenvalue weighted by Crippen LogP contribution is 2.17. The second kappa shape index (κ2) is 3.19. The second-order valence-electron chi connectivity index (χ2n) is 2.26. The predicted octanol–water partition coefficient (Wildman–Crippen LogP) is 2.60. The topological polar surface area (TPSA) is 26.0 Å². The molecule has 0 aliphatic rings. The minimum Gasteiger partial charge on any atom is -0.399 e. The molecule has 0 aromatic heterocycles. The molecule has 0 fully saturated rings. The van der Waals surface area contributed by atoms with E-state index in [1.807, 2.05) is 0 Å². The van der Waals surface area contributed by atoms with Crippen LogP contribution in [0.25, 0.3) is 5.83 Å². The fourth-order valence-electron chi connectivity index (χ4n) is 0.854. The Hall–Kier alpha value is -1.31. The number of nitrogen functional groups attached to an aromatic ring is 1. The van der Waals surface area contributed by atoms with Gasteiger partial charge in [-0.2, -0.15) is 0 Å². The molecule has 58 valence electrons. The maximum absolute atomic E-state index is 12.8. The summed E-state index contributed by atoms with van der Waals surface area (Å²) in [5, 5.41) is 0. The van der Waals surface area contributed by atoms with Gasteiger partial charge >= 0.3 is 0 Å². The normalized spacial score (nSPS) is 11.6. The lowest BCUT2D eigenvalue weighted by molar-refractivity contribution is 0.758. The molecule has 0 aliphatic heterocycles. The highest BCUT2D eigenvalue weighted by Gasteiger charge is 1.96. The van der Waals surface area contributed by atoms with Crippen molar-refractivity contribution in [1.29, 1.82) is 0 Å². The van der Waals surface area contributed by atoms with Gasteiger partial charge in [-0.15, -0.1) is 0 Å². The number of nitrogens with two attached hydrogens (primary N) is 1. The summed E-state index contributed by atoms with van der Waals surface area (Å²) in [6.45, 7) is 1.65. The van der Waals surface area contributed by atoms with Crippen LogP contribution in [0.1, 0.15) is 12.5 Å². The van der Waals surface area contributed by atoms with Crippen molar-refractivity contribution in [2.24, 2.45) is 0 Å². The third-order valence-electron chi connectivity index (χ3n) is 1.42. The Morgan fingerprint density at radius 1 is 1.55 bits per heavy atom. The van der Waals surface area contributed by atoms with Crippen LogP contribution < -0.4 is 5.73 Å². The molecule has 0 heterocycles. The molecule has 2 heteroatoms. The lowest BCUT2D eigenvalue weighted by atomic mass is 10.2. The van der Waals surface area contributed by atoms with Crippen LogP contribution in [0, 0.1) is 0 Å². The molecule has 1 aromatic rings. The molecule has 1 rings (SSSR count). The van der Waals surface area contributed by atoms with E-state index in [2.05, 4.69) is 0 Å². The first-order valence-corrected chi connectivity index (χ1v) is 3.42. The minimum absolute atomic E-state index is 0.239. The van der Waals surface area contributed by atoms with E-state index in [0.717, 1.165) is 0 Å². The lowest BCUT2D eigenvalue weighted by Gasteiger charge is -1.97. The number of hydrogen-bond acceptors (Lipinski definition) is 1. The van der Waals surface area contributed by atoms with Crippen LogP contribution in [-0.2, 0) is 0 Å². The van der Waals surface area contributed by atoms with Crippen LogP contribution in [0.4, 0.5) is 10.1 Å². The van der Waals surface area contributed by atoms with Gasteiger partial charge in [-0.25, -0.2) is 4.39 Å². The molecular formula is C9H10FN. The van der Waals surface area contributed by atoms with Gasteiger partial charge in [-0.3, -0.25) is 0 Å². The maximum Gasteiger partial charge on any atom is 0.126 e. The highest BCUT2D eigenvalue weighted by atomic mass is 19.1. The molecule has 0 bridgehead atoms. The summed E-state index contributed by atoms with van der Waals surface area (Å²) in [5.41, 5.74) is 6.57. The zero-order valence-corrected chi connectivity index (χ0v) is 6.34. The van der Waals surface area contributed by atoms with E-state index in [-0.39, 0.29) is 5.83 Å². The summed E-state index contributed by atoms with van der Waals surface area (Å²) in [5.74, 6) is -0.239. The van der Waals surface area contributed by atoms with Gasteiger partial charge in [0.15, 0.2) is 0 Å². The number of hydrogen-bond donors (Lipinski definition) is 1. The molecule has 0 aliphatic carbocycles. The van der Waals surface area contributed by atoms with Crippen LogP contribution >= 0.6 is 0 Å². The quantitative estimate of drug-likeness (QED) is 0.613.